The Morgan fingerprint density at radius 2 is 2.08 bits per heavy atom. The number of hydrogen-bond acceptors (Lipinski definition) is 6. The number of nitrogens with two attached hydrogens (primary N) is 1. The third kappa shape index (κ3) is 5.36. The Morgan fingerprint density at radius 1 is 1.58 bits per heavy atom. The van der Waals surface area contributed by atoms with Gasteiger partial charge in [-0.25, -0.2) is 0 Å². The van der Waals surface area contributed by atoms with E-state index in [-0.39, 0.29) is 0 Å². The second kappa shape index (κ2) is 4.66. The molecule has 0 aliphatic heterocycles. The van der Waals surface area contributed by atoms with Crippen LogP contribution >= 0.6 is 7.82 Å². The summed E-state index contributed by atoms with van der Waals surface area (Å²) in [6, 6.07) is 0. The molecule has 0 aromatic rings. The van der Waals surface area contributed by atoms with Gasteiger partial charge in [0.25, 0.3) is 0 Å². The maximum absolute atomic E-state index is 9.86. The van der Waals surface area contributed by atoms with Crippen LogP contribution in [0.2, 0.25) is 0 Å². The fraction of sp³-hybridized carbons (Fsp3) is 0.750. The molecule has 2 atom stereocenters. The molecule has 0 bridgehead atoms. The first-order valence-electron chi connectivity index (χ1n) is 2.94. The van der Waals surface area contributed by atoms with Gasteiger partial charge < -0.3 is 29.1 Å². The SMILES string of the molecule is [NH2+]=C[C@H](O)[C@H](O)COP(=O)([O-])[O-]. The Kier molecular flexibility index (Phi) is 4.54. The molecule has 0 aromatic carbocycles. The summed E-state index contributed by atoms with van der Waals surface area (Å²) in [6.07, 6.45) is -2.20. The van der Waals surface area contributed by atoms with Gasteiger partial charge in [0.05, 0.1) is 14.4 Å². The maximum atomic E-state index is 9.86. The zero-order chi connectivity index (χ0) is 9.78. The minimum atomic E-state index is -5.10. The Morgan fingerprint density at radius 3 is 2.42 bits per heavy atom. The summed E-state index contributed by atoms with van der Waals surface area (Å²) in [5.74, 6) is 0. The molecule has 4 N–H and O–H groups in total. The van der Waals surface area contributed by atoms with Crippen molar-refractivity contribution in [2.75, 3.05) is 6.61 Å². The summed E-state index contributed by atoms with van der Waals surface area (Å²) in [4.78, 5) is 19.7. The van der Waals surface area contributed by atoms with Gasteiger partial charge in [-0.15, -0.1) is 0 Å². The molecule has 7 nitrogen and oxygen atoms in total. The van der Waals surface area contributed by atoms with E-state index in [1.54, 1.807) is 0 Å². The van der Waals surface area contributed by atoms with Crippen molar-refractivity contribution in [2.24, 2.45) is 0 Å². The van der Waals surface area contributed by atoms with Crippen molar-refractivity contribution >= 4 is 14.0 Å². The molecular formula is C4H9NO6P-. The van der Waals surface area contributed by atoms with E-state index in [1.165, 1.54) is 0 Å². The molecule has 0 radical (unpaired) electrons. The van der Waals surface area contributed by atoms with E-state index >= 15 is 0 Å². The predicted molar refractivity (Wildman–Crippen MR) is 33.6 cm³/mol. The minimum absolute atomic E-state index is 0.745. The third-order valence-electron chi connectivity index (χ3n) is 0.995. The average Bonchev–Trinajstić information content (AvgIpc) is 1.97. The Bertz CT molecular complexity index is 190. The highest BCUT2D eigenvalue weighted by molar-refractivity contribution is 7.43. The fourth-order valence-electron chi connectivity index (χ4n) is 0.395. The van der Waals surface area contributed by atoms with Crippen LogP contribution in [0.15, 0.2) is 0 Å². The van der Waals surface area contributed by atoms with Crippen molar-refractivity contribution in [3.8, 4) is 0 Å². The van der Waals surface area contributed by atoms with E-state index in [0.29, 0.717) is 0 Å². The molecule has 12 heavy (non-hydrogen) atoms. The van der Waals surface area contributed by atoms with Crippen molar-refractivity contribution in [3.05, 3.63) is 0 Å². The monoisotopic (exact) mass is 198 g/mol. The number of hydrogen-bond donors (Lipinski definition) is 3. The Labute approximate surface area is 68.4 Å². The normalized spacial score (nSPS) is 17.0. The largest absolute Gasteiger partial charge is 0.790 e. The van der Waals surface area contributed by atoms with Gasteiger partial charge in [-0.05, 0) is 0 Å². The molecule has 8 heteroatoms. The molecule has 0 amide bonds. The third-order valence-corrected chi connectivity index (χ3v) is 1.46. The van der Waals surface area contributed by atoms with E-state index < -0.39 is 26.6 Å². The van der Waals surface area contributed by atoms with Crippen molar-refractivity contribution in [2.45, 2.75) is 12.2 Å². The second-order valence-corrected chi connectivity index (χ2v) is 3.15. The fourth-order valence-corrected chi connectivity index (χ4v) is 0.730. The summed E-state index contributed by atoms with van der Waals surface area (Å²) in [5, 5.41) is 22.3. The van der Waals surface area contributed by atoms with Crippen molar-refractivity contribution in [1.29, 1.82) is 0 Å². The van der Waals surface area contributed by atoms with Crippen LogP contribution in [0.5, 0.6) is 0 Å². The molecule has 0 unspecified atom stereocenters. The highest BCUT2D eigenvalue weighted by atomic mass is 31.2. The quantitative estimate of drug-likeness (QED) is 0.300. The zero-order valence-corrected chi connectivity index (χ0v) is 6.89. The lowest BCUT2D eigenvalue weighted by atomic mass is 10.2. The number of rotatable bonds is 5. The van der Waals surface area contributed by atoms with Crippen LogP contribution in [0.1, 0.15) is 0 Å². The highest BCUT2D eigenvalue weighted by Gasteiger charge is 2.16. The summed E-state index contributed by atoms with van der Waals surface area (Å²) < 4.78 is 13.5. The van der Waals surface area contributed by atoms with E-state index in [2.05, 4.69) is 4.52 Å². The lowest BCUT2D eigenvalue weighted by Crippen LogP contribution is -2.43. The summed E-state index contributed by atoms with van der Waals surface area (Å²) in [6.45, 7) is -0.806. The molecule has 0 heterocycles. The topological polar surface area (TPSA) is 138 Å². The average molecular weight is 198 g/mol. The first-order chi connectivity index (χ1) is 5.37. The lowest BCUT2D eigenvalue weighted by molar-refractivity contribution is -0.343. The first kappa shape index (κ1) is 11.7. The second-order valence-electron chi connectivity index (χ2n) is 1.99. The maximum Gasteiger partial charge on any atom is 0.168 e. The van der Waals surface area contributed by atoms with Gasteiger partial charge in [0.2, 0.25) is 0 Å². The van der Waals surface area contributed by atoms with E-state index in [9.17, 15) is 14.4 Å². The van der Waals surface area contributed by atoms with Crippen LogP contribution in [-0.4, -0.2) is 35.2 Å². The molecule has 0 saturated heterocycles. The van der Waals surface area contributed by atoms with Crippen LogP contribution in [-0.2, 0) is 9.09 Å². The smallest absolute Gasteiger partial charge is 0.168 e. The van der Waals surface area contributed by atoms with Gasteiger partial charge >= 0.3 is 0 Å². The lowest BCUT2D eigenvalue weighted by Gasteiger charge is -2.29. The predicted octanol–water partition coefficient (Wildman–Crippen LogP) is -4.62. The van der Waals surface area contributed by atoms with Gasteiger partial charge in [-0.2, -0.15) is 0 Å². The van der Waals surface area contributed by atoms with Gasteiger partial charge in [-0.1, -0.05) is 0 Å². The number of phosphoric acid groups is 1. The molecule has 0 aliphatic carbocycles. The Hall–Kier alpha value is -0.300. The van der Waals surface area contributed by atoms with E-state index in [1.807, 2.05) is 0 Å². The van der Waals surface area contributed by atoms with Gasteiger partial charge in [0.1, 0.15) is 6.10 Å². The Balaban J connectivity index is 3.79. The standard InChI is InChI=1S/C4H10NO6P/c5-1-3(6)4(7)2-11-12(8,9)10/h1,3-7H,2H2,(H2,8,9,10)/p-1/t3-,4+/m0/s1. The minimum Gasteiger partial charge on any atom is -0.790 e. The van der Waals surface area contributed by atoms with Crippen LogP contribution in [0, 0.1) is 0 Å². The molecule has 0 saturated carbocycles. The van der Waals surface area contributed by atoms with Crippen molar-refractivity contribution in [3.63, 3.8) is 0 Å². The van der Waals surface area contributed by atoms with Crippen LogP contribution < -0.4 is 15.2 Å². The van der Waals surface area contributed by atoms with Gasteiger partial charge in [0, 0.05) is 0 Å². The van der Waals surface area contributed by atoms with Crippen molar-refractivity contribution < 1.29 is 34.5 Å². The molecule has 0 aliphatic rings. The molecule has 0 rings (SSSR count). The number of aliphatic hydroxyl groups is 2. The zero-order valence-electron chi connectivity index (χ0n) is 5.99. The van der Waals surface area contributed by atoms with E-state index in [4.69, 9.17) is 15.6 Å². The summed E-state index contributed by atoms with van der Waals surface area (Å²) in [5.41, 5.74) is 0. The molecule has 0 aromatic heterocycles. The molecule has 0 fully saturated rings. The molecule has 72 valence electrons. The number of aliphatic hydroxyl groups excluding tert-OH is 2. The number of phosphoric ester groups is 1. The molecular weight excluding hydrogens is 189 g/mol. The highest BCUT2D eigenvalue weighted by Crippen LogP contribution is 2.24. The van der Waals surface area contributed by atoms with Crippen LogP contribution in [0.4, 0.5) is 0 Å². The van der Waals surface area contributed by atoms with Crippen LogP contribution in [0.25, 0.3) is 0 Å². The summed E-state index contributed by atoms with van der Waals surface area (Å²) in [7, 11) is -5.10. The van der Waals surface area contributed by atoms with E-state index in [0.717, 1.165) is 6.21 Å². The van der Waals surface area contributed by atoms with Crippen molar-refractivity contribution in [1.82, 2.24) is 0 Å². The van der Waals surface area contributed by atoms with Gasteiger partial charge in [-0.3, -0.25) is 5.41 Å². The van der Waals surface area contributed by atoms with Crippen LogP contribution in [0.3, 0.4) is 0 Å². The van der Waals surface area contributed by atoms with Gasteiger partial charge in [0.15, 0.2) is 12.3 Å². The summed E-state index contributed by atoms with van der Waals surface area (Å²) >= 11 is 0. The first-order valence-corrected chi connectivity index (χ1v) is 4.40. The molecule has 0 spiro atoms.